The zero-order valence-electron chi connectivity index (χ0n) is 14.5. The summed E-state index contributed by atoms with van der Waals surface area (Å²) in [6.07, 6.45) is 1.62. The van der Waals surface area contributed by atoms with E-state index in [0.29, 0.717) is 5.69 Å². The number of hydrogen-bond acceptors (Lipinski definition) is 3. The minimum absolute atomic E-state index is 0.00603. The predicted octanol–water partition coefficient (Wildman–Crippen LogP) is 2.55. The lowest BCUT2D eigenvalue weighted by Crippen LogP contribution is -2.47. The van der Waals surface area contributed by atoms with Gasteiger partial charge in [0.05, 0.1) is 0 Å². The second kappa shape index (κ2) is 8.58. The number of nitrogens with one attached hydrogen (secondary N) is 2. The summed E-state index contributed by atoms with van der Waals surface area (Å²) in [6.45, 7) is 2.64. The van der Waals surface area contributed by atoms with Crippen molar-refractivity contribution in [3.63, 3.8) is 0 Å². The van der Waals surface area contributed by atoms with Gasteiger partial charge in [0, 0.05) is 31.4 Å². The molecular formula is C20H22FN3O2. The van der Waals surface area contributed by atoms with Gasteiger partial charge in [-0.15, -0.1) is 0 Å². The van der Waals surface area contributed by atoms with Crippen molar-refractivity contribution in [3.05, 3.63) is 66.0 Å². The smallest absolute Gasteiger partial charge is 0.313 e. The molecule has 0 aliphatic carbocycles. The Balaban J connectivity index is 1.42. The molecule has 26 heavy (non-hydrogen) atoms. The molecule has 136 valence electrons. The van der Waals surface area contributed by atoms with E-state index < -0.39 is 17.6 Å². The lowest BCUT2D eigenvalue weighted by atomic mass is 10.0. The van der Waals surface area contributed by atoms with Crippen molar-refractivity contribution in [2.75, 3.05) is 18.4 Å². The SMILES string of the molecule is O=C(Nc1ccc(F)cc1)C(=O)NC1CCN(Cc2ccccc2)CC1. The zero-order valence-corrected chi connectivity index (χ0v) is 14.5. The molecule has 1 heterocycles. The van der Waals surface area contributed by atoms with Crippen LogP contribution in [0, 0.1) is 5.82 Å². The number of rotatable bonds is 4. The fraction of sp³-hybridized carbons (Fsp3) is 0.300. The maximum Gasteiger partial charge on any atom is 0.313 e. The minimum Gasteiger partial charge on any atom is -0.345 e. The molecule has 5 nitrogen and oxygen atoms in total. The summed E-state index contributed by atoms with van der Waals surface area (Å²) < 4.78 is 12.9. The summed E-state index contributed by atoms with van der Waals surface area (Å²) in [5.74, 6) is -1.78. The standard InChI is InChI=1S/C20H22FN3O2/c21-16-6-8-17(9-7-16)22-19(25)20(26)23-18-10-12-24(13-11-18)14-15-4-2-1-3-5-15/h1-9,18H,10-14H2,(H,22,25)(H,23,26). The summed E-state index contributed by atoms with van der Waals surface area (Å²) in [5.41, 5.74) is 1.66. The molecule has 2 aromatic rings. The first-order chi connectivity index (χ1) is 12.6. The van der Waals surface area contributed by atoms with Crippen LogP contribution in [0.3, 0.4) is 0 Å². The van der Waals surface area contributed by atoms with Gasteiger partial charge in [0.15, 0.2) is 0 Å². The van der Waals surface area contributed by atoms with Crippen LogP contribution in [-0.4, -0.2) is 35.8 Å². The van der Waals surface area contributed by atoms with Gasteiger partial charge >= 0.3 is 11.8 Å². The Labute approximate surface area is 152 Å². The molecule has 3 rings (SSSR count). The number of carbonyl (C=O) groups excluding carboxylic acids is 2. The van der Waals surface area contributed by atoms with E-state index in [1.165, 1.54) is 29.8 Å². The van der Waals surface area contributed by atoms with Crippen LogP contribution in [0.1, 0.15) is 18.4 Å². The average Bonchev–Trinajstić information content (AvgIpc) is 2.66. The number of anilines is 1. The van der Waals surface area contributed by atoms with Gasteiger partial charge in [-0.05, 0) is 42.7 Å². The number of benzene rings is 2. The van der Waals surface area contributed by atoms with Crippen molar-refractivity contribution in [1.82, 2.24) is 10.2 Å². The maximum atomic E-state index is 12.9. The van der Waals surface area contributed by atoms with Crippen molar-refractivity contribution in [2.45, 2.75) is 25.4 Å². The predicted molar refractivity (Wildman–Crippen MR) is 97.9 cm³/mol. The molecule has 6 heteroatoms. The van der Waals surface area contributed by atoms with Gasteiger partial charge in [-0.1, -0.05) is 30.3 Å². The number of amides is 2. The van der Waals surface area contributed by atoms with E-state index >= 15 is 0 Å². The maximum absolute atomic E-state index is 12.9. The third-order valence-corrected chi connectivity index (χ3v) is 4.48. The molecule has 2 aromatic carbocycles. The van der Waals surface area contributed by atoms with Gasteiger partial charge in [-0.3, -0.25) is 14.5 Å². The Morgan fingerprint density at radius 1 is 0.962 bits per heavy atom. The first-order valence-corrected chi connectivity index (χ1v) is 8.74. The molecule has 0 unspecified atom stereocenters. The molecule has 0 spiro atoms. The number of carbonyl (C=O) groups is 2. The van der Waals surface area contributed by atoms with Crippen LogP contribution in [0.15, 0.2) is 54.6 Å². The van der Waals surface area contributed by atoms with Crippen LogP contribution in [0.25, 0.3) is 0 Å². The number of piperidine rings is 1. The highest BCUT2D eigenvalue weighted by atomic mass is 19.1. The molecule has 2 amide bonds. The number of halogens is 1. The van der Waals surface area contributed by atoms with Crippen molar-refractivity contribution in [3.8, 4) is 0 Å². The van der Waals surface area contributed by atoms with Gasteiger partial charge in [-0.25, -0.2) is 4.39 Å². The average molecular weight is 355 g/mol. The molecule has 1 aliphatic rings. The number of hydrogen-bond donors (Lipinski definition) is 2. The molecular weight excluding hydrogens is 333 g/mol. The van der Waals surface area contributed by atoms with Crippen LogP contribution in [0.2, 0.25) is 0 Å². The summed E-state index contributed by atoms with van der Waals surface area (Å²) in [6, 6.07) is 15.6. The van der Waals surface area contributed by atoms with Crippen LogP contribution in [-0.2, 0) is 16.1 Å². The molecule has 1 saturated heterocycles. The Bertz CT molecular complexity index is 741. The first-order valence-electron chi connectivity index (χ1n) is 8.74. The molecule has 1 aliphatic heterocycles. The highest BCUT2D eigenvalue weighted by Gasteiger charge is 2.23. The Kier molecular flexibility index (Phi) is 5.96. The lowest BCUT2D eigenvalue weighted by Gasteiger charge is -2.32. The highest BCUT2D eigenvalue weighted by molar-refractivity contribution is 6.39. The van der Waals surface area contributed by atoms with E-state index in [4.69, 9.17) is 0 Å². The van der Waals surface area contributed by atoms with Crippen LogP contribution in [0.5, 0.6) is 0 Å². The summed E-state index contributed by atoms with van der Waals surface area (Å²) >= 11 is 0. The van der Waals surface area contributed by atoms with Crippen molar-refractivity contribution in [1.29, 1.82) is 0 Å². The van der Waals surface area contributed by atoms with Crippen LogP contribution >= 0.6 is 0 Å². The quantitative estimate of drug-likeness (QED) is 0.829. The molecule has 0 bridgehead atoms. The largest absolute Gasteiger partial charge is 0.345 e. The van der Waals surface area contributed by atoms with Crippen molar-refractivity contribution < 1.29 is 14.0 Å². The lowest BCUT2D eigenvalue weighted by molar-refractivity contribution is -0.136. The molecule has 0 saturated carbocycles. The number of likely N-dealkylation sites (tertiary alicyclic amines) is 1. The fourth-order valence-electron chi connectivity index (χ4n) is 3.05. The minimum atomic E-state index is -0.733. The van der Waals surface area contributed by atoms with Crippen molar-refractivity contribution in [2.24, 2.45) is 0 Å². The molecule has 0 aromatic heterocycles. The van der Waals surface area contributed by atoms with E-state index in [2.05, 4.69) is 27.7 Å². The van der Waals surface area contributed by atoms with E-state index in [1.54, 1.807) is 0 Å². The number of nitrogens with zero attached hydrogens (tertiary/aromatic N) is 1. The highest BCUT2D eigenvalue weighted by Crippen LogP contribution is 2.14. The third kappa shape index (κ3) is 5.13. The topological polar surface area (TPSA) is 61.4 Å². The van der Waals surface area contributed by atoms with Gasteiger partial charge in [0.1, 0.15) is 5.82 Å². The van der Waals surface area contributed by atoms with E-state index in [9.17, 15) is 14.0 Å². The fourth-order valence-corrected chi connectivity index (χ4v) is 3.05. The Morgan fingerprint density at radius 2 is 1.62 bits per heavy atom. The van der Waals surface area contributed by atoms with E-state index in [-0.39, 0.29) is 6.04 Å². The second-order valence-corrected chi connectivity index (χ2v) is 6.47. The molecule has 0 atom stereocenters. The molecule has 1 fully saturated rings. The van der Waals surface area contributed by atoms with Gasteiger partial charge in [0.25, 0.3) is 0 Å². The van der Waals surface area contributed by atoms with Gasteiger partial charge in [0.2, 0.25) is 0 Å². The molecule has 2 N–H and O–H groups in total. The van der Waals surface area contributed by atoms with Gasteiger partial charge < -0.3 is 10.6 Å². The first kappa shape index (κ1) is 18.1. The summed E-state index contributed by atoms with van der Waals surface area (Å²) in [7, 11) is 0. The van der Waals surface area contributed by atoms with E-state index in [0.717, 1.165) is 32.5 Å². The Morgan fingerprint density at radius 3 is 2.27 bits per heavy atom. The van der Waals surface area contributed by atoms with Gasteiger partial charge in [-0.2, -0.15) is 0 Å². The monoisotopic (exact) mass is 355 g/mol. The van der Waals surface area contributed by atoms with Crippen LogP contribution in [0.4, 0.5) is 10.1 Å². The zero-order chi connectivity index (χ0) is 18.4. The van der Waals surface area contributed by atoms with E-state index in [1.807, 2.05) is 18.2 Å². The summed E-state index contributed by atoms with van der Waals surface area (Å²) in [4.78, 5) is 26.3. The van der Waals surface area contributed by atoms with Crippen LogP contribution < -0.4 is 10.6 Å². The Hall–Kier alpha value is -2.73. The second-order valence-electron chi connectivity index (χ2n) is 6.47. The third-order valence-electron chi connectivity index (χ3n) is 4.48. The normalized spacial score (nSPS) is 15.4. The summed E-state index contributed by atoms with van der Waals surface area (Å²) in [5, 5.41) is 5.25. The molecule has 0 radical (unpaired) electrons. The van der Waals surface area contributed by atoms with Crippen molar-refractivity contribution >= 4 is 17.5 Å².